The number of hydrogen-bond donors (Lipinski definition) is 9. The number of carbonyl (C=O) groups excluding carboxylic acids is 4. The van der Waals surface area contributed by atoms with Gasteiger partial charge in [-0.15, -0.1) is 0 Å². The van der Waals surface area contributed by atoms with E-state index in [4.69, 9.17) is 21.7 Å². The van der Waals surface area contributed by atoms with E-state index in [0.29, 0.717) is 5.56 Å². The first kappa shape index (κ1) is 29.8. The number of phenols is 1. The summed E-state index contributed by atoms with van der Waals surface area (Å²) in [6.45, 7) is 1.25. The van der Waals surface area contributed by atoms with Gasteiger partial charge in [0, 0.05) is 6.42 Å². The molecular formula is C21H29N5O10. The number of phenolic OH excluding ortho intramolecular Hbond substituents is 1. The summed E-state index contributed by atoms with van der Waals surface area (Å²) >= 11 is 0. The molecule has 1 aromatic carbocycles. The van der Waals surface area contributed by atoms with Gasteiger partial charge in [0.1, 0.15) is 29.9 Å². The van der Waals surface area contributed by atoms with Crippen LogP contribution in [-0.4, -0.2) is 86.3 Å². The number of rotatable bonds is 14. The SMILES string of the molecule is CC(O)C(N)C(=O)NC(Cc1ccc(O)cc1)C(=O)NC(CC(N)=O)C(=O)NC(CC(=O)O)C(=O)O. The van der Waals surface area contributed by atoms with Crippen molar-refractivity contribution in [3.05, 3.63) is 29.8 Å². The fourth-order valence-electron chi connectivity index (χ4n) is 2.89. The molecule has 5 atom stereocenters. The first-order valence-corrected chi connectivity index (χ1v) is 10.6. The number of hydrogen-bond acceptors (Lipinski definition) is 9. The number of nitrogens with two attached hydrogens (primary N) is 2. The zero-order valence-corrected chi connectivity index (χ0v) is 19.2. The molecular weight excluding hydrogens is 482 g/mol. The molecule has 11 N–H and O–H groups in total. The van der Waals surface area contributed by atoms with Gasteiger partial charge < -0.3 is 47.8 Å². The Balaban J connectivity index is 3.16. The Labute approximate surface area is 204 Å². The Hall–Kier alpha value is -4.24. The fraction of sp³-hybridized carbons (Fsp3) is 0.429. The molecule has 15 nitrogen and oxygen atoms in total. The zero-order chi connectivity index (χ0) is 27.6. The molecule has 0 spiro atoms. The predicted molar refractivity (Wildman–Crippen MR) is 121 cm³/mol. The number of carbonyl (C=O) groups is 6. The van der Waals surface area contributed by atoms with Crippen molar-refractivity contribution in [1.82, 2.24) is 16.0 Å². The normalized spacial score (nSPS) is 14.9. The summed E-state index contributed by atoms with van der Waals surface area (Å²) in [4.78, 5) is 71.6. The molecule has 15 heteroatoms. The molecule has 0 aliphatic heterocycles. The molecule has 5 unspecified atom stereocenters. The summed E-state index contributed by atoms with van der Waals surface area (Å²) in [5.74, 6) is -7.41. The van der Waals surface area contributed by atoms with Crippen molar-refractivity contribution in [2.24, 2.45) is 11.5 Å². The Kier molecular flexibility index (Phi) is 11.3. The Morgan fingerprint density at radius 3 is 1.81 bits per heavy atom. The molecule has 1 aromatic rings. The van der Waals surface area contributed by atoms with Gasteiger partial charge in [0.25, 0.3) is 0 Å². The van der Waals surface area contributed by atoms with Gasteiger partial charge in [-0.05, 0) is 24.6 Å². The van der Waals surface area contributed by atoms with Crippen molar-refractivity contribution in [2.75, 3.05) is 0 Å². The van der Waals surface area contributed by atoms with E-state index in [9.17, 15) is 39.0 Å². The highest BCUT2D eigenvalue weighted by Gasteiger charge is 2.32. The van der Waals surface area contributed by atoms with Crippen molar-refractivity contribution in [2.45, 2.75) is 56.5 Å². The van der Waals surface area contributed by atoms with Gasteiger partial charge in [-0.25, -0.2) is 4.79 Å². The van der Waals surface area contributed by atoms with Gasteiger partial charge in [0.15, 0.2) is 0 Å². The molecule has 0 aliphatic rings. The number of carboxylic acid groups (broad SMARTS) is 2. The number of primary amides is 1. The highest BCUT2D eigenvalue weighted by molar-refractivity contribution is 5.96. The van der Waals surface area contributed by atoms with Gasteiger partial charge in [-0.2, -0.15) is 0 Å². The number of aliphatic carboxylic acids is 2. The largest absolute Gasteiger partial charge is 0.508 e. The number of nitrogens with one attached hydrogen (secondary N) is 3. The predicted octanol–water partition coefficient (Wildman–Crippen LogP) is -3.47. The van der Waals surface area contributed by atoms with E-state index in [2.05, 4.69) is 10.6 Å². The summed E-state index contributed by atoms with van der Waals surface area (Å²) in [6.07, 6.45) is -3.19. The first-order chi connectivity index (χ1) is 16.7. The number of aromatic hydroxyl groups is 1. The minimum atomic E-state index is -1.86. The van der Waals surface area contributed by atoms with E-state index in [0.717, 1.165) is 0 Å². The second-order valence-corrected chi connectivity index (χ2v) is 7.93. The molecule has 0 aromatic heterocycles. The van der Waals surface area contributed by atoms with Crippen LogP contribution >= 0.6 is 0 Å². The molecule has 0 heterocycles. The highest BCUT2D eigenvalue weighted by atomic mass is 16.4. The maximum Gasteiger partial charge on any atom is 0.326 e. The van der Waals surface area contributed by atoms with Crippen LogP contribution in [0, 0.1) is 0 Å². The van der Waals surface area contributed by atoms with Crippen LogP contribution in [-0.2, 0) is 35.2 Å². The topological polar surface area (TPSA) is 271 Å². The zero-order valence-electron chi connectivity index (χ0n) is 19.2. The summed E-state index contributed by atoms with van der Waals surface area (Å²) in [5, 5.41) is 43.4. The van der Waals surface area contributed by atoms with E-state index in [1.165, 1.54) is 31.2 Å². The summed E-state index contributed by atoms with van der Waals surface area (Å²) < 4.78 is 0. The van der Waals surface area contributed by atoms with Gasteiger partial charge in [0.05, 0.1) is 18.9 Å². The molecule has 0 bridgehead atoms. The maximum atomic E-state index is 13.0. The summed E-state index contributed by atoms with van der Waals surface area (Å²) in [7, 11) is 0. The van der Waals surface area contributed by atoms with E-state index in [1.807, 2.05) is 5.32 Å². The van der Waals surface area contributed by atoms with Gasteiger partial charge in [0.2, 0.25) is 23.6 Å². The second kappa shape index (κ2) is 13.6. The number of aliphatic hydroxyl groups is 1. The van der Waals surface area contributed by atoms with E-state index < -0.39 is 78.7 Å². The van der Waals surface area contributed by atoms with Gasteiger partial charge >= 0.3 is 11.9 Å². The van der Waals surface area contributed by atoms with Crippen LogP contribution in [0.2, 0.25) is 0 Å². The molecule has 0 saturated heterocycles. The molecule has 198 valence electrons. The first-order valence-electron chi connectivity index (χ1n) is 10.6. The molecule has 0 aliphatic carbocycles. The van der Waals surface area contributed by atoms with Crippen LogP contribution in [0.3, 0.4) is 0 Å². The Morgan fingerprint density at radius 1 is 0.833 bits per heavy atom. The lowest BCUT2D eigenvalue weighted by molar-refractivity contribution is -0.147. The number of carboxylic acids is 2. The lowest BCUT2D eigenvalue weighted by Gasteiger charge is -2.25. The third kappa shape index (κ3) is 9.94. The Bertz CT molecular complexity index is 982. The van der Waals surface area contributed by atoms with E-state index in [1.54, 1.807) is 0 Å². The average molecular weight is 511 g/mol. The fourth-order valence-corrected chi connectivity index (χ4v) is 2.89. The highest BCUT2D eigenvalue weighted by Crippen LogP contribution is 2.12. The van der Waals surface area contributed by atoms with Crippen LogP contribution in [0.25, 0.3) is 0 Å². The van der Waals surface area contributed by atoms with Crippen LogP contribution in [0.5, 0.6) is 5.75 Å². The molecule has 0 saturated carbocycles. The van der Waals surface area contributed by atoms with Gasteiger partial charge in [-0.1, -0.05) is 12.1 Å². The van der Waals surface area contributed by atoms with Crippen LogP contribution in [0.4, 0.5) is 0 Å². The van der Waals surface area contributed by atoms with Crippen molar-refractivity contribution in [3.63, 3.8) is 0 Å². The average Bonchev–Trinajstić information content (AvgIpc) is 2.77. The lowest BCUT2D eigenvalue weighted by Crippen LogP contribution is -2.59. The van der Waals surface area contributed by atoms with Crippen molar-refractivity contribution in [1.29, 1.82) is 0 Å². The molecule has 1 rings (SSSR count). The van der Waals surface area contributed by atoms with E-state index in [-0.39, 0.29) is 12.2 Å². The second-order valence-electron chi connectivity index (χ2n) is 7.93. The molecule has 0 radical (unpaired) electrons. The molecule has 36 heavy (non-hydrogen) atoms. The van der Waals surface area contributed by atoms with Crippen molar-refractivity contribution >= 4 is 35.6 Å². The minimum absolute atomic E-state index is 0.0625. The van der Waals surface area contributed by atoms with Crippen molar-refractivity contribution in [3.8, 4) is 5.75 Å². The van der Waals surface area contributed by atoms with Gasteiger partial charge in [-0.3, -0.25) is 24.0 Å². The number of aliphatic hydroxyl groups excluding tert-OH is 1. The van der Waals surface area contributed by atoms with Crippen molar-refractivity contribution < 1.29 is 49.2 Å². The maximum absolute atomic E-state index is 13.0. The lowest BCUT2D eigenvalue weighted by atomic mass is 10.0. The third-order valence-electron chi connectivity index (χ3n) is 4.86. The minimum Gasteiger partial charge on any atom is -0.508 e. The monoisotopic (exact) mass is 511 g/mol. The molecule has 0 fully saturated rings. The Morgan fingerprint density at radius 2 is 1.33 bits per heavy atom. The number of amides is 4. The number of benzene rings is 1. The van der Waals surface area contributed by atoms with Crippen LogP contribution < -0.4 is 27.4 Å². The third-order valence-corrected chi connectivity index (χ3v) is 4.86. The van der Waals surface area contributed by atoms with Crippen LogP contribution in [0.1, 0.15) is 25.3 Å². The summed E-state index contributed by atoms with van der Waals surface area (Å²) in [6, 6.07) is -0.826. The quantitative estimate of drug-likeness (QED) is 0.118. The smallest absolute Gasteiger partial charge is 0.326 e. The van der Waals surface area contributed by atoms with Crippen LogP contribution in [0.15, 0.2) is 24.3 Å². The summed E-state index contributed by atoms with van der Waals surface area (Å²) in [5.41, 5.74) is 11.2. The van der Waals surface area contributed by atoms with E-state index >= 15 is 0 Å². The standard InChI is InChI=1S/C21H29N5O10/c1-9(27)17(23)20(34)25-12(6-10-2-4-11(28)5-3-10)18(32)24-13(7-15(22)29)19(33)26-14(21(35)36)8-16(30)31/h2-5,9,12-14,17,27-28H,6-8,23H2,1H3,(H2,22,29)(H,24,32)(H,25,34)(H,26,33)(H,30,31)(H,35,36). The molecule has 4 amide bonds.